The number of allylic oxidation sites excluding steroid dienone is 1. The van der Waals surface area contributed by atoms with Crippen LogP contribution in [0.4, 0.5) is 5.69 Å². The van der Waals surface area contributed by atoms with Crippen LogP contribution in [0, 0.1) is 11.8 Å². The number of amides is 2. The number of ether oxygens (including phenoxy) is 1. The largest absolute Gasteiger partial charge is 0.465 e. The summed E-state index contributed by atoms with van der Waals surface area (Å²) in [4.78, 5) is 45.7. The van der Waals surface area contributed by atoms with Crippen LogP contribution < -0.4 is 4.90 Å². The van der Waals surface area contributed by atoms with Gasteiger partial charge in [-0.05, 0) is 42.7 Å². The molecule has 2 aromatic rings. The van der Waals surface area contributed by atoms with Crippen LogP contribution in [0.3, 0.4) is 0 Å². The number of carbonyl (C=O) groups excluding carboxylic acids is 3. The summed E-state index contributed by atoms with van der Waals surface area (Å²) in [6.07, 6.45) is 9.42. The van der Waals surface area contributed by atoms with Crippen LogP contribution in [0.1, 0.15) is 24.4 Å². The second kappa shape index (κ2) is 10.5. The molecule has 0 aliphatic carbocycles. The van der Waals surface area contributed by atoms with Gasteiger partial charge in [-0.3, -0.25) is 14.4 Å². The molecule has 1 N–H and O–H groups in total. The number of thioether (sulfide) groups is 1. The first-order valence-corrected chi connectivity index (χ1v) is 14.5. The first kappa shape index (κ1) is 26.2. The van der Waals surface area contributed by atoms with E-state index in [2.05, 4.69) is 0 Å². The van der Waals surface area contributed by atoms with Gasteiger partial charge >= 0.3 is 5.97 Å². The normalized spacial score (nSPS) is 31.8. The van der Waals surface area contributed by atoms with Gasteiger partial charge in [-0.1, -0.05) is 66.2 Å². The number of benzene rings is 2. The molecule has 2 saturated heterocycles. The minimum Gasteiger partial charge on any atom is -0.465 e. The molecule has 7 nitrogen and oxygen atoms in total. The smallest absolute Gasteiger partial charge is 0.311 e. The number of hydrogen-bond donors (Lipinski definition) is 1. The van der Waals surface area contributed by atoms with Crippen molar-refractivity contribution >= 4 is 46.8 Å². The maximum absolute atomic E-state index is 14.6. The highest BCUT2D eigenvalue weighted by Crippen LogP contribution is 2.62. The van der Waals surface area contributed by atoms with Crippen molar-refractivity contribution in [1.82, 2.24) is 4.90 Å². The lowest BCUT2D eigenvalue weighted by molar-refractivity contribution is -0.153. The molecule has 0 bridgehead atoms. The summed E-state index contributed by atoms with van der Waals surface area (Å²) >= 11 is 7.61. The van der Waals surface area contributed by atoms with E-state index in [0.717, 1.165) is 18.4 Å². The quantitative estimate of drug-likeness (QED) is 0.443. The lowest BCUT2D eigenvalue weighted by Crippen LogP contribution is -2.54. The first-order valence-electron chi connectivity index (χ1n) is 13.2. The highest BCUT2D eigenvalue weighted by Gasteiger charge is 2.71. The summed E-state index contributed by atoms with van der Waals surface area (Å²) in [6.45, 7) is 0.232. The predicted octanol–water partition coefficient (Wildman–Crippen LogP) is 4.17. The van der Waals surface area contributed by atoms with E-state index in [4.69, 9.17) is 16.3 Å². The monoisotopic (exact) mass is 564 g/mol. The number of likely N-dealkylation sites (tertiary alicyclic amines) is 1. The Labute approximate surface area is 236 Å². The summed E-state index contributed by atoms with van der Waals surface area (Å²) in [6, 6.07) is 14.6. The molecule has 1 unspecified atom stereocenters. The van der Waals surface area contributed by atoms with Crippen LogP contribution in [-0.2, 0) is 19.1 Å². The van der Waals surface area contributed by atoms with Crippen molar-refractivity contribution in [2.24, 2.45) is 11.8 Å². The number of aliphatic hydroxyl groups is 1. The van der Waals surface area contributed by atoms with Crippen molar-refractivity contribution in [2.75, 3.05) is 24.7 Å². The first-order chi connectivity index (χ1) is 19.0. The topological polar surface area (TPSA) is 87.2 Å². The number of aliphatic hydroxyl groups excluding tert-OH is 1. The molecule has 4 heterocycles. The molecule has 4 aliphatic rings. The molecule has 0 aromatic heterocycles. The van der Waals surface area contributed by atoms with E-state index in [1.165, 1.54) is 16.7 Å². The summed E-state index contributed by atoms with van der Waals surface area (Å²) in [5.41, 5.74) is 1.38. The van der Waals surface area contributed by atoms with Crippen LogP contribution in [0.25, 0.3) is 0 Å². The fourth-order valence-electron chi connectivity index (χ4n) is 6.41. The predicted molar refractivity (Wildman–Crippen MR) is 150 cm³/mol. The molecule has 2 aromatic carbocycles. The van der Waals surface area contributed by atoms with Crippen LogP contribution in [0.15, 0.2) is 78.9 Å². The number of rotatable bonds is 4. The second-order valence-electron chi connectivity index (χ2n) is 10.3. The number of anilines is 1. The molecule has 4 aliphatic heterocycles. The molecule has 2 fully saturated rings. The summed E-state index contributed by atoms with van der Waals surface area (Å²) in [5, 5.41) is 10.9. The van der Waals surface area contributed by atoms with Crippen molar-refractivity contribution in [3.8, 4) is 0 Å². The third-order valence-electron chi connectivity index (χ3n) is 8.12. The number of halogens is 1. The average molecular weight is 565 g/mol. The Morgan fingerprint density at radius 1 is 1.05 bits per heavy atom. The van der Waals surface area contributed by atoms with E-state index in [-0.39, 0.29) is 23.7 Å². The zero-order valence-corrected chi connectivity index (χ0v) is 22.8. The molecule has 39 heavy (non-hydrogen) atoms. The zero-order chi connectivity index (χ0) is 27.1. The highest BCUT2D eigenvalue weighted by atomic mass is 35.5. The Morgan fingerprint density at radius 2 is 1.82 bits per heavy atom. The van der Waals surface area contributed by atoms with Gasteiger partial charge in [0.15, 0.2) is 0 Å². The Kier molecular flexibility index (Phi) is 7.04. The molecule has 9 heteroatoms. The van der Waals surface area contributed by atoms with E-state index >= 15 is 0 Å². The van der Waals surface area contributed by atoms with E-state index in [1.807, 2.05) is 54.6 Å². The molecule has 1 spiro atoms. The SMILES string of the molecule is O=C1OCCC/C=C\[C@@H]2S[C@]34C=CCN(c5ccc(Cl)cc5)C(=O)C3N([C@H](CO)c3ccccc3)C(=O)[C@@H]4[C@H]12. The van der Waals surface area contributed by atoms with Gasteiger partial charge in [-0.15, -0.1) is 11.8 Å². The van der Waals surface area contributed by atoms with Gasteiger partial charge in [-0.2, -0.15) is 0 Å². The molecule has 0 radical (unpaired) electrons. The minimum atomic E-state index is -1.00. The van der Waals surface area contributed by atoms with Crippen molar-refractivity contribution in [3.05, 3.63) is 89.5 Å². The van der Waals surface area contributed by atoms with Crippen LogP contribution >= 0.6 is 23.4 Å². The van der Waals surface area contributed by atoms with E-state index in [0.29, 0.717) is 23.9 Å². The van der Waals surface area contributed by atoms with E-state index in [9.17, 15) is 19.5 Å². The molecule has 2 amide bonds. The third-order valence-corrected chi connectivity index (χ3v) is 10.1. The summed E-state index contributed by atoms with van der Waals surface area (Å²) in [5.74, 6) is -2.53. The maximum atomic E-state index is 14.6. The Hall–Kier alpha value is -3.07. The van der Waals surface area contributed by atoms with Crippen molar-refractivity contribution in [3.63, 3.8) is 0 Å². The Bertz CT molecular complexity index is 1330. The number of carbonyl (C=O) groups is 3. The molecule has 0 saturated carbocycles. The van der Waals surface area contributed by atoms with Crippen LogP contribution in [0.2, 0.25) is 5.02 Å². The average Bonchev–Trinajstić information content (AvgIpc) is 3.35. The Balaban J connectivity index is 1.51. The molecule has 202 valence electrons. The molecular weight excluding hydrogens is 536 g/mol. The Morgan fingerprint density at radius 3 is 2.56 bits per heavy atom. The minimum absolute atomic E-state index is 0.260. The fourth-order valence-corrected chi connectivity index (χ4v) is 8.53. The lowest BCUT2D eigenvalue weighted by atomic mass is 9.78. The number of cyclic esters (lactones) is 1. The van der Waals surface area contributed by atoms with Gasteiger partial charge in [0.25, 0.3) is 5.91 Å². The van der Waals surface area contributed by atoms with Gasteiger partial charge in [0.05, 0.1) is 35.8 Å². The molecule has 6 rings (SSSR count). The van der Waals surface area contributed by atoms with Gasteiger partial charge in [0.1, 0.15) is 6.04 Å². The molecule has 6 atom stereocenters. The third kappa shape index (κ3) is 4.29. The van der Waals surface area contributed by atoms with Crippen LogP contribution in [0.5, 0.6) is 0 Å². The molecular formula is C30H29ClN2O5S. The highest BCUT2D eigenvalue weighted by molar-refractivity contribution is 8.02. The maximum Gasteiger partial charge on any atom is 0.311 e. The van der Waals surface area contributed by atoms with Crippen LogP contribution in [-0.4, -0.2) is 63.6 Å². The lowest BCUT2D eigenvalue weighted by Gasteiger charge is -2.38. The van der Waals surface area contributed by atoms with Gasteiger partial charge in [0, 0.05) is 22.5 Å². The van der Waals surface area contributed by atoms with Gasteiger partial charge in [0.2, 0.25) is 5.91 Å². The standard InChI is InChI=1S/C30H29ClN2O5S/c31-20-11-13-21(14-12-20)32-16-7-15-30-25(24-23(39-30)10-5-2-6-17-38-29(24)37)27(35)33(26(30)28(32)36)22(18-34)19-8-3-1-4-9-19/h1,3-5,7-15,22-26,34H,2,6,16-18H2/b10-5-/t22-,23+,24-,25+,26?,30+/m1/s1. The van der Waals surface area contributed by atoms with Crippen molar-refractivity contribution < 1.29 is 24.2 Å². The van der Waals surface area contributed by atoms with E-state index in [1.54, 1.807) is 29.2 Å². The van der Waals surface area contributed by atoms with Gasteiger partial charge in [-0.25, -0.2) is 0 Å². The van der Waals surface area contributed by atoms with Gasteiger partial charge < -0.3 is 19.6 Å². The zero-order valence-electron chi connectivity index (χ0n) is 21.2. The fraction of sp³-hybridized carbons (Fsp3) is 0.367. The summed E-state index contributed by atoms with van der Waals surface area (Å²) < 4.78 is 4.63. The van der Waals surface area contributed by atoms with Crippen molar-refractivity contribution in [2.45, 2.75) is 34.9 Å². The number of nitrogens with zero attached hydrogens (tertiary/aromatic N) is 2. The van der Waals surface area contributed by atoms with E-state index < -0.39 is 34.6 Å². The number of hydrogen-bond acceptors (Lipinski definition) is 6. The number of fused-ring (bicyclic) bond motifs is 2. The second-order valence-corrected chi connectivity index (χ2v) is 12.2. The summed E-state index contributed by atoms with van der Waals surface area (Å²) in [7, 11) is 0. The van der Waals surface area contributed by atoms with Crippen molar-refractivity contribution in [1.29, 1.82) is 0 Å². The number of esters is 1.